The lowest BCUT2D eigenvalue weighted by molar-refractivity contribution is -0.133. The third-order valence-electron chi connectivity index (χ3n) is 1.47. The van der Waals surface area contributed by atoms with E-state index in [1.54, 1.807) is 20.2 Å². The summed E-state index contributed by atoms with van der Waals surface area (Å²) in [6.45, 7) is 3.50. The summed E-state index contributed by atoms with van der Waals surface area (Å²) in [5, 5.41) is 0. The van der Waals surface area contributed by atoms with Gasteiger partial charge in [0, 0.05) is 20.5 Å². The number of amides is 1. The molecule has 0 saturated heterocycles. The monoisotopic (exact) mass is 169 g/mol. The van der Waals surface area contributed by atoms with Crippen LogP contribution in [0.3, 0.4) is 0 Å². The van der Waals surface area contributed by atoms with E-state index in [-0.39, 0.29) is 18.1 Å². The van der Waals surface area contributed by atoms with Gasteiger partial charge in [-0.2, -0.15) is 0 Å². The lowest BCUT2D eigenvalue weighted by Gasteiger charge is -2.08. The molecule has 0 bridgehead atoms. The third kappa shape index (κ3) is 4.66. The minimum Gasteiger partial charge on any atom is -0.348 e. The summed E-state index contributed by atoms with van der Waals surface area (Å²) in [6.07, 6.45) is 2.77. The molecule has 3 nitrogen and oxygen atoms in total. The fourth-order valence-electron chi connectivity index (χ4n) is 0.678. The lowest BCUT2D eigenvalue weighted by atomic mass is 10.1. The molecule has 0 heterocycles. The molecule has 0 aliphatic carbocycles. The van der Waals surface area contributed by atoms with Crippen LogP contribution in [0.4, 0.5) is 0 Å². The van der Waals surface area contributed by atoms with Gasteiger partial charge in [0.15, 0.2) is 0 Å². The zero-order chi connectivity index (χ0) is 9.56. The highest BCUT2D eigenvalue weighted by atomic mass is 16.2. The van der Waals surface area contributed by atoms with E-state index in [4.69, 9.17) is 0 Å². The van der Waals surface area contributed by atoms with E-state index in [0.717, 1.165) is 0 Å². The Morgan fingerprint density at radius 2 is 2.00 bits per heavy atom. The smallest absolute Gasteiger partial charge is 0.229 e. The first-order valence-corrected chi connectivity index (χ1v) is 3.90. The van der Waals surface area contributed by atoms with Crippen molar-refractivity contribution in [3.63, 3.8) is 0 Å². The molecule has 0 unspecified atom stereocenters. The van der Waals surface area contributed by atoms with E-state index in [1.165, 1.54) is 4.90 Å². The van der Waals surface area contributed by atoms with Crippen LogP contribution in [0, 0.1) is 0 Å². The van der Waals surface area contributed by atoms with E-state index >= 15 is 0 Å². The molecule has 0 N–H and O–H groups in total. The summed E-state index contributed by atoms with van der Waals surface area (Å²) in [6, 6.07) is 0. The van der Waals surface area contributed by atoms with Crippen molar-refractivity contribution in [2.75, 3.05) is 14.1 Å². The summed E-state index contributed by atoms with van der Waals surface area (Å²) in [4.78, 5) is 23.4. The van der Waals surface area contributed by atoms with Crippen LogP contribution in [0.15, 0.2) is 12.7 Å². The van der Waals surface area contributed by atoms with Crippen molar-refractivity contribution in [2.24, 2.45) is 0 Å². The number of Topliss-reactive ketones (excluding diaryl/α,β-unsaturated/α-hetero) is 1. The summed E-state index contributed by atoms with van der Waals surface area (Å²) in [5.74, 6) is -0.155. The summed E-state index contributed by atoms with van der Waals surface area (Å²) in [5.41, 5.74) is 0. The van der Waals surface area contributed by atoms with Gasteiger partial charge in [-0.1, -0.05) is 6.08 Å². The van der Waals surface area contributed by atoms with Crippen molar-refractivity contribution in [1.29, 1.82) is 0 Å². The fourth-order valence-corrected chi connectivity index (χ4v) is 0.678. The predicted molar refractivity (Wildman–Crippen MR) is 47.7 cm³/mol. The molecule has 0 atom stereocenters. The minimum atomic E-state index is -0.135. The van der Waals surface area contributed by atoms with Crippen molar-refractivity contribution in [3.05, 3.63) is 12.7 Å². The van der Waals surface area contributed by atoms with Crippen LogP contribution in [0.25, 0.3) is 0 Å². The molecule has 0 aliphatic heterocycles. The number of rotatable bonds is 5. The van der Waals surface area contributed by atoms with E-state index in [9.17, 15) is 9.59 Å². The van der Waals surface area contributed by atoms with Gasteiger partial charge in [0.1, 0.15) is 5.78 Å². The second kappa shape index (κ2) is 5.52. The van der Waals surface area contributed by atoms with Crippen molar-refractivity contribution < 1.29 is 9.59 Å². The Balaban J connectivity index is 3.69. The highest BCUT2D eigenvalue weighted by molar-refractivity contribution is 5.97. The van der Waals surface area contributed by atoms with Crippen LogP contribution in [-0.4, -0.2) is 30.7 Å². The molecular weight excluding hydrogens is 154 g/mol. The van der Waals surface area contributed by atoms with E-state index in [1.807, 2.05) is 0 Å². The number of ketones is 1. The topological polar surface area (TPSA) is 37.4 Å². The number of carbonyl (C=O) groups is 2. The molecule has 0 aromatic rings. The Kier molecular flexibility index (Phi) is 5.00. The zero-order valence-corrected chi connectivity index (χ0v) is 7.67. The molecule has 0 spiro atoms. The Morgan fingerprint density at radius 3 is 2.42 bits per heavy atom. The second-order valence-electron chi connectivity index (χ2n) is 2.83. The molecule has 0 aliphatic rings. The minimum absolute atomic E-state index is 0.0147. The first-order chi connectivity index (χ1) is 5.57. The van der Waals surface area contributed by atoms with Gasteiger partial charge >= 0.3 is 0 Å². The molecular formula is C9H15NO2. The van der Waals surface area contributed by atoms with Gasteiger partial charge in [0.2, 0.25) is 5.91 Å². The predicted octanol–water partition coefficient (Wildman–Crippen LogP) is 1.00. The van der Waals surface area contributed by atoms with Crippen LogP contribution in [0.1, 0.15) is 19.3 Å². The highest BCUT2D eigenvalue weighted by Crippen LogP contribution is 1.97. The average Bonchev–Trinajstić information content (AvgIpc) is 2.00. The molecule has 0 aromatic carbocycles. The van der Waals surface area contributed by atoms with E-state index in [0.29, 0.717) is 12.8 Å². The molecule has 0 fully saturated rings. The highest BCUT2D eigenvalue weighted by Gasteiger charge is 2.09. The lowest BCUT2D eigenvalue weighted by Crippen LogP contribution is -2.24. The van der Waals surface area contributed by atoms with Crippen LogP contribution in [0.5, 0.6) is 0 Å². The van der Waals surface area contributed by atoms with E-state index in [2.05, 4.69) is 6.58 Å². The number of hydrogen-bond donors (Lipinski definition) is 0. The molecule has 68 valence electrons. The second-order valence-corrected chi connectivity index (χ2v) is 2.83. The molecule has 0 rings (SSSR count). The SMILES string of the molecule is C=CCCC(=O)CC(=O)N(C)C. The van der Waals surface area contributed by atoms with Crippen molar-refractivity contribution in [2.45, 2.75) is 19.3 Å². The summed E-state index contributed by atoms with van der Waals surface area (Å²) >= 11 is 0. The van der Waals surface area contributed by atoms with Crippen LogP contribution >= 0.6 is 0 Å². The van der Waals surface area contributed by atoms with E-state index < -0.39 is 0 Å². The van der Waals surface area contributed by atoms with Crippen LogP contribution in [0.2, 0.25) is 0 Å². The number of allylic oxidation sites excluding steroid dienone is 1. The molecule has 0 aromatic heterocycles. The largest absolute Gasteiger partial charge is 0.348 e. The Hall–Kier alpha value is -1.12. The van der Waals surface area contributed by atoms with Crippen LogP contribution < -0.4 is 0 Å². The summed E-state index contributed by atoms with van der Waals surface area (Å²) in [7, 11) is 3.28. The first kappa shape index (κ1) is 10.9. The Labute approximate surface area is 73.1 Å². The van der Waals surface area contributed by atoms with Crippen molar-refractivity contribution in [3.8, 4) is 0 Å². The number of hydrogen-bond acceptors (Lipinski definition) is 2. The van der Waals surface area contributed by atoms with Gasteiger partial charge in [-0.25, -0.2) is 0 Å². The summed E-state index contributed by atoms with van der Waals surface area (Å²) < 4.78 is 0. The van der Waals surface area contributed by atoms with Gasteiger partial charge in [-0.3, -0.25) is 9.59 Å². The average molecular weight is 169 g/mol. The Bertz CT molecular complexity index is 185. The molecule has 0 radical (unpaired) electrons. The maximum Gasteiger partial charge on any atom is 0.229 e. The van der Waals surface area contributed by atoms with Crippen molar-refractivity contribution in [1.82, 2.24) is 4.90 Å². The Morgan fingerprint density at radius 1 is 1.42 bits per heavy atom. The fraction of sp³-hybridized carbons (Fsp3) is 0.556. The van der Waals surface area contributed by atoms with Gasteiger partial charge in [-0.15, -0.1) is 6.58 Å². The number of carbonyl (C=O) groups excluding carboxylic acids is 2. The third-order valence-corrected chi connectivity index (χ3v) is 1.47. The standard InChI is InChI=1S/C9H15NO2/c1-4-5-6-8(11)7-9(12)10(2)3/h4H,1,5-7H2,2-3H3. The van der Waals surface area contributed by atoms with Gasteiger partial charge in [0.05, 0.1) is 6.42 Å². The molecule has 0 saturated carbocycles. The first-order valence-electron chi connectivity index (χ1n) is 3.90. The zero-order valence-electron chi connectivity index (χ0n) is 7.67. The van der Waals surface area contributed by atoms with Gasteiger partial charge < -0.3 is 4.90 Å². The quantitative estimate of drug-likeness (QED) is 0.455. The maximum atomic E-state index is 11.0. The maximum absolute atomic E-state index is 11.0. The van der Waals surface area contributed by atoms with Gasteiger partial charge in [0.25, 0.3) is 0 Å². The number of nitrogens with zero attached hydrogens (tertiary/aromatic N) is 1. The normalized spacial score (nSPS) is 9.17. The van der Waals surface area contributed by atoms with Crippen LogP contribution in [-0.2, 0) is 9.59 Å². The molecule has 1 amide bonds. The molecule has 12 heavy (non-hydrogen) atoms. The van der Waals surface area contributed by atoms with Gasteiger partial charge in [-0.05, 0) is 6.42 Å². The molecule has 3 heteroatoms. The van der Waals surface area contributed by atoms with Crippen molar-refractivity contribution >= 4 is 11.7 Å².